The summed E-state index contributed by atoms with van der Waals surface area (Å²) >= 11 is 0. The van der Waals surface area contributed by atoms with Crippen LogP contribution in [-0.4, -0.2) is 9.97 Å². The third-order valence-electron chi connectivity index (χ3n) is 5.79. The first kappa shape index (κ1) is 22.9. The molecule has 0 spiro atoms. The Morgan fingerprint density at radius 1 is 0.697 bits per heavy atom. The molecule has 170 valence electrons. The molecule has 0 aliphatic heterocycles. The summed E-state index contributed by atoms with van der Waals surface area (Å²) in [6, 6.07) is 10.7. The molecule has 3 aromatic carbocycles. The van der Waals surface area contributed by atoms with Gasteiger partial charge in [0.25, 0.3) is 0 Å². The Morgan fingerprint density at radius 2 is 1.42 bits per heavy atom. The highest BCUT2D eigenvalue weighted by molar-refractivity contribution is 5.87. The maximum Gasteiger partial charge on any atom is 0.194 e. The van der Waals surface area contributed by atoms with Crippen molar-refractivity contribution in [3.63, 3.8) is 0 Å². The van der Waals surface area contributed by atoms with Gasteiger partial charge in [0.2, 0.25) is 0 Å². The summed E-state index contributed by atoms with van der Waals surface area (Å²) in [5.41, 5.74) is 2.60. The Bertz CT molecular complexity index is 1250. The summed E-state index contributed by atoms with van der Waals surface area (Å²) in [4.78, 5) is 8.93. The van der Waals surface area contributed by atoms with Gasteiger partial charge in [-0.3, -0.25) is 0 Å². The van der Waals surface area contributed by atoms with Crippen LogP contribution in [0.4, 0.5) is 17.6 Å². The second kappa shape index (κ2) is 10.1. The third kappa shape index (κ3) is 5.21. The van der Waals surface area contributed by atoms with Crippen LogP contribution in [0.1, 0.15) is 42.9 Å². The molecule has 4 rings (SSSR count). The van der Waals surface area contributed by atoms with E-state index in [9.17, 15) is 13.2 Å². The molecule has 0 radical (unpaired) electrons. The number of nitrogens with zero attached hydrogens (tertiary/aromatic N) is 2. The van der Waals surface area contributed by atoms with E-state index in [4.69, 9.17) is 0 Å². The first-order valence-corrected chi connectivity index (χ1v) is 11.1. The molecule has 0 atom stereocenters. The second-order valence-electron chi connectivity index (χ2n) is 8.22. The molecule has 1 aromatic heterocycles. The van der Waals surface area contributed by atoms with Gasteiger partial charge < -0.3 is 0 Å². The number of aromatic nitrogens is 2. The molecule has 6 heteroatoms. The topological polar surface area (TPSA) is 25.8 Å². The van der Waals surface area contributed by atoms with Gasteiger partial charge in [-0.25, -0.2) is 27.5 Å². The Morgan fingerprint density at radius 3 is 2.12 bits per heavy atom. The minimum Gasteiger partial charge on any atom is -0.236 e. The maximum atomic E-state index is 15.1. The quantitative estimate of drug-likeness (QED) is 0.158. The van der Waals surface area contributed by atoms with Gasteiger partial charge in [0.1, 0.15) is 5.82 Å². The lowest BCUT2D eigenvalue weighted by atomic mass is 9.98. The van der Waals surface area contributed by atoms with E-state index in [1.807, 2.05) is 24.5 Å². The van der Waals surface area contributed by atoms with Crippen LogP contribution in [0.5, 0.6) is 0 Å². The molecule has 0 aliphatic rings. The molecule has 0 fully saturated rings. The summed E-state index contributed by atoms with van der Waals surface area (Å²) in [6.45, 7) is 2.17. The van der Waals surface area contributed by atoms with Gasteiger partial charge >= 0.3 is 0 Å². The van der Waals surface area contributed by atoms with Gasteiger partial charge in [-0.15, -0.1) is 0 Å². The first-order valence-electron chi connectivity index (χ1n) is 11.1. The maximum absolute atomic E-state index is 15.1. The van der Waals surface area contributed by atoms with Crippen LogP contribution in [0.15, 0.2) is 54.9 Å². The summed E-state index contributed by atoms with van der Waals surface area (Å²) in [6.07, 6.45) is 8.51. The Hall–Kier alpha value is -3.28. The Kier molecular flexibility index (Phi) is 7.02. The lowest BCUT2D eigenvalue weighted by Gasteiger charge is -2.09. The molecule has 0 N–H and O–H groups in total. The van der Waals surface area contributed by atoms with Crippen molar-refractivity contribution >= 4 is 10.8 Å². The average Bonchev–Trinajstić information content (AvgIpc) is 2.82. The monoisotopic (exact) mass is 452 g/mol. The number of hydrogen-bond acceptors (Lipinski definition) is 2. The highest BCUT2D eigenvalue weighted by Crippen LogP contribution is 2.27. The van der Waals surface area contributed by atoms with Gasteiger partial charge in [-0.1, -0.05) is 44.0 Å². The van der Waals surface area contributed by atoms with E-state index in [1.54, 1.807) is 18.2 Å². The van der Waals surface area contributed by atoms with E-state index in [0.29, 0.717) is 22.2 Å². The number of fused-ring (bicyclic) bond motifs is 1. The molecule has 0 saturated heterocycles. The van der Waals surface area contributed by atoms with Gasteiger partial charge in [0.05, 0.1) is 0 Å². The summed E-state index contributed by atoms with van der Waals surface area (Å²) in [7, 11) is 0. The highest BCUT2D eigenvalue weighted by atomic mass is 19.2. The fourth-order valence-corrected chi connectivity index (χ4v) is 3.91. The molecule has 0 unspecified atom stereocenters. The first-order chi connectivity index (χ1) is 16.0. The van der Waals surface area contributed by atoms with Crippen molar-refractivity contribution in [2.45, 2.75) is 45.4 Å². The van der Waals surface area contributed by atoms with Crippen molar-refractivity contribution in [1.29, 1.82) is 0 Å². The Labute approximate surface area is 190 Å². The van der Waals surface area contributed by atoms with Crippen molar-refractivity contribution < 1.29 is 17.6 Å². The third-order valence-corrected chi connectivity index (χ3v) is 5.79. The van der Waals surface area contributed by atoms with Crippen LogP contribution in [0, 0.1) is 23.3 Å². The standard InChI is InChI=1S/C27H24F4N2/c1-2-3-4-5-18-15-32-27(33-16-18)21-10-11-22-20(14-21)9-8-19(25(22)30)7-6-17-12-23(28)26(31)24(29)13-17/h8-16H,2-7H2,1H3. The lowest BCUT2D eigenvalue weighted by Crippen LogP contribution is -1.99. The SMILES string of the molecule is CCCCCc1cnc(-c2ccc3c(F)c(CCc4cc(F)c(F)c(F)c4)ccc3c2)nc1. The fourth-order valence-electron chi connectivity index (χ4n) is 3.91. The summed E-state index contributed by atoms with van der Waals surface area (Å²) in [5, 5.41) is 1.16. The lowest BCUT2D eigenvalue weighted by molar-refractivity contribution is 0.445. The molecule has 4 aromatic rings. The van der Waals surface area contributed by atoms with E-state index in [0.717, 1.165) is 42.5 Å². The highest BCUT2D eigenvalue weighted by Gasteiger charge is 2.13. The molecule has 0 amide bonds. The number of aryl methyl sites for hydroxylation is 3. The van der Waals surface area contributed by atoms with Crippen LogP contribution in [0.3, 0.4) is 0 Å². The van der Waals surface area contributed by atoms with E-state index in [-0.39, 0.29) is 24.2 Å². The van der Waals surface area contributed by atoms with E-state index in [2.05, 4.69) is 16.9 Å². The van der Waals surface area contributed by atoms with Crippen molar-refractivity contribution in [1.82, 2.24) is 9.97 Å². The van der Waals surface area contributed by atoms with Crippen LogP contribution in [0.25, 0.3) is 22.2 Å². The van der Waals surface area contributed by atoms with E-state index < -0.39 is 17.5 Å². The van der Waals surface area contributed by atoms with Crippen LogP contribution in [-0.2, 0) is 19.3 Å². The van der Waals surface area contributed by atoms with E-state index >= 15 is 4.39 Å². The van der Waals surface area contributed by atoms with Gasteiger partial charge in [-0.2, -0.15) is 0 Å². The Balaban J connectivity index is 1.51. The largest absolute Gasteiger partial charge is 0.236 e. The fraction of sp³-hybridized carbons (Fsp3) is 0.259. The van der Waals surface area contributed by atoms with Gasteiger partial charge in [-0.05, 0) is 66.0 Å². The predicted octanol–water partition coefficient (Wildman–Crippen LogP) is 7.37. The van der Waals surface area contributed by atoms with Crippen LogP contribution >= 0.6 is 0 Å². The average molecular weight is 452 g/mol. The molecule has 0 saturated carbocycles. The molecule has 0 bridgehead atoms. The normalized spacial score (nSPS) is 11.3. The number of hydrogen-bond donors (Lipinski definition) is 0. The predicted molar refractivity (Wildman–Crippen MR) is 122 cm³/mol. The van der Waals surface area contributed by atoms with Crippen LogP contribution in [0.2, 0.25) is 0 Å². The smallest absolute Gasteiger partial charge is 0.194 e. The number of benzene rings is 3. The molecule has 2 nitrogen and oxygen atoms in total. The zero-order valence-corrected chi connectivity index (χ0v) is 18.3. The number of halogens is 4. The van der Waals surface area contributed by atoms with Gasteiger partial charge in [0.15, 0.2) is 23.3 Å². The molecular weight excluding hydrogens is 428 g/mol. The minimum absolute atomic E-state index is 0.188. The molecule has 33 heavy (non-hydrogen) atoms. The molecule has 0 aliphatic carbocycles. The summed E-state index contributed by atoms with van der Waals surface area (Å²) in [5.74, 6) is -3.78. The van der Waals surface area contributed by atoms with E-state index in [1.165, 1.54) is 6.42 Å². The second-order valence-corrected chi connectivity index (χ2v) is 8.22. The molecule has 1 heterocycles. The van der Waals surface area contributed by atoms with Crippen molar-refractivity contribution in [3.8, 4) is 11.4 Å². The van der Waals surface area contributed by atoms with Gasteiger partial charge in [0, 0.05) is 23.3 Å². The molecular formula is C27H24F4N2. The summed E-state index contributed by atoms with van der Waals surface area (Å²) < 4.78 is 55.1. The zero-order valence-electron chi connectivity index (χ0n) is 18.3. The van der Waals surface area contributed by atoms with Crippen molar-refractivity contribution in [2.24, 2.45) is 0 Å². The van der Waals surface area contributed by atoms with Crippen LogP contribution < -0.4 is 0 Å². The number of unbranched alkanes of at least 4 members (excludes halogenated alkanes) is 2. The number of rotatable bonds is 8. The van der Waals surface area contributed by atoms with Crippen molar-refractivity contribution in [3.05, 3.63) is 94.8 Å². The zero-order chi connectivity index (χ0) is 23.4. The van der Waals surface area contributed by atoms with Crippen molar-refractivity contribution in [2.75, 3.05) is 0 Å². The minimum atomic E-state index is -1.50.